The van der Waals surface area contributed by atoms with Crippen LogP contribution in [0.5, 0.6) is 0 Å². The van der Waals surface area contributed by atoms with Gasteiger partial charge in [0.2, 0.25) is 5.91 Å². The van der Waals surface area contributed by atoms with Gasteiger partial charge in [0.15, 0.2) is 0 Å². The molecule has 0 saturated carbocycles. The van der Waals surface area contributed by atoms with Crippen molar-refractivity contribution in [3.8, 4) is 11.3 Å². The summed E-state index contributed by atoms with van der Waals surface area (Å²) < 4.78 is 0. The van der Waals surface area contributed by atoms with E-state index in [2.05, 4.69) is 33.2 Å². The number of likely N-dealkylation sites (N-methyl/N-ethyl adjacent to an activating group) is 1. The Labute approximate surface area is 172 Å². The van der Waals surface area contributed by atoms with Gasteiger partial charge in [-0.05, 0) is 39.0 Å². The van der Waals surface area contributed by atoms with Crippen LogP contribution in [-0.2, 0) is 4.79 Å². The molecule has 3 heterocycles. The molecule has 0 saturated heterocycles. The number of carbonyl (C=O) groups is 1. The molecule has 0 aromatic carbocycles. The van der Waals surface area contributed by atoms with Crippen LogP contribution in [0.15, 0.2) is 36.7 Å². The highest BCUT2D eigenvalue weighted by Gasteiger charge is 2.21. The summed E-state index contributed by atoms with van der Waals surface area (Å²) in [4.78, 5) is 28.6. The number of aromatic nitrogens is 3. The molecule has 1 atom stereocenters. The molecule has 154 valence electrons. The second-order valence-corrected chi connectivity index (χ2v) is 7.70. The Morgan fingerprint density at radius 2 is 2.03 bits per heavy atom. The fourth-order valence-corrected chi connectivity index (χ4v) is 3.90. The number of hydrogen-bond donors (Lipinski definition) is 2. The summed E-state index contributed by atoms with van der Waals surface area (Å²) in [7, 11) is 3.89. The van der Waals surface area contributed by atoms with Crippen LogP contribution in [0.2, 0.25) is 0 Å². The molecular formula is C22H30N6O. The smallest absolute Gasteiger partial charge is 0.219 e. The average molecular weight is 395 g/mol. The van der Waals surface area contributed by atoms with Gasteiger partial charge in [0.25, 0.3) is 0 Å². The van der Waals surface area contributed by atoms with Gasteiger partial charge in [0, 0.05) is 56.8 Å². The molecule has 7 heteroatoms. The molecule has 0 unspecified atom stereocenters. The largest absolute Gasteiger partial charge is 0.387 e. The Hall–Kier alpha value is -3.09. The van der Waals surface area contributed by atoms with Crippen molar-refractivity contribution in [2.24, 2.45) is 0 Å². The van der Waals surface area contributed by atoms with Gasteiger partial charge >= 0.3 is 0 Å². The average Bonchev–Trinajstić information content (AvgIpc) is 3.10. The molecule has 0 fully saturated rings. The lowest BCUT2D eigenvalue weighted by atomic mass is 10.1. The molecule has 29 heavy (non-hydrogen) atoms. The van der Waals surface area contributed by atoms with E-state index in [9.17, 15) is 4.79 Å². The van der Waals surface area contributed by atoms with E-state index in [1.807, 2.05) is 57.2 Å². The number of nitrogens with zero attached hydrogens (tertiary/aromatic N) is 4. The maximum Gasteiger partial charge on any atom is 0.219 e. The van der Waals surface area contributed by atoms with Gasteiger partial charge < -0.3 is 20.1 Å². The van der Waals surface area contributed by atoms with Crippen molar-refractivity contribution in [3.05, 3.63) is 36.7 Å². The third-order valence-corrected chi connectivity index (χ3v) is 5.15. The summed E-state index contributed by atoms with van der Waals surface area (Å²) in [5.41, 5.74) is 3.69. The first-order valence-corrected chi connectivity index (χ1v) is 9.94. The summed E-state index contributed by atoms with van der Waals surface area (Å²) in [6.45, 7) is 8.49. The van der Waals surface area contributed by atoms with E-state index in [0.717, 1.165) is 33.8 Å². The second-order valence-electron chi connectivity index (χ2n) is 7.70. The first-order chi connectivity index (χ1) is 13.8. The molecule has 3 aromatic heterocycles. The monoisotopic (exact) mass is 394 g/mol. The van der Waals surface area contributed by atoms with Crippen molar-refractivity contribution in [1.82, 2.24) is 19.9 Å². The van der Waals surface area contributed by atoms with Crippen LogP contribution in [0.25, 0.3) is 22.3 Å². The predicted octanol–water partition coefficient (Wildman–Crippen LogP) is 3.75. The Bertz CT molecular complexity index is 996. The number of aromatic amines is 1. The summed E-state index contributed by atoms with van der Waals surface area (Å²) >= 11 is 0. The lowest BCUT2D eigenvalue weighted by Gasteiger charge is -2.34. The zero-order valence-corrected chi connectivity index (χ0v) is 18.0. The third kappa shape index (κ3) is 4.34. The molecule has 0 radical (unpaired) electrons. The molecule has 0 aliphatic heterocycles. The first-order valence-electron chi connectivity index (χ1n) is 9.94. The van der Waals surface area contributed by atoms with Gasteiger partial charge in [-0.3, -0.25) is 4.79 Å². The highest BCUT2D eigenvalue weighted by Crippen LogP contribution is 2.29. The van der Waals surface area contributed by atoms with Crippen molar-refractivity contribution in [1.29, 1.82) is 0 Å². The zero-order chi connectivity index (χ0) is 21.1. The van der Waals surface area contributed by atoms with Crippen LogP contribution in [0.3, 0.4) is 0 Å². The van der Waals surface area contributed by atoms with Gasteiger partial charge in [0.1, 0.15) is 11.5 Å². The van der Waals surface area contributed by atoms with E-state index in [1.165, 1.54) is 0 Å². The van der Waals surface area contributed by atoms with Crippen LogP contribution in [0, 0.1) is 0 Å². The predicted molar refractivity (Wildman–Crippen MR) is 119 cm³/mol. The van der Waals surface area contributed by atoms with E-state index < -0.39 is 0 Å². The number of amides is 1. The number of H-pyrrole nitrogens is 1. The minimum atomic E-state index is 0.0819. The number of pyridine rings is 2. The summed E-state index contributed by atoms with van der Waals surface area (Å²) in [5.74, 6) is 0.961. The lowest BCUT2D eigenvalue weighted by Crippen LogP contribution is -2.47. The van der Waals surface area contributed by atoms with Crippen molar-refractivity contribution >= 4 is 28.4 Å². The number of hydrogen-bond acceptors (Lipinski definition) is 5. The van der Waals surface area contributed by atoms with Crippen molar-refractivity contribution in [3.63, 3.8) is 0 Å². The van der Waals surface area contributed by atoms with Crippen molar-refractivity contribution in [2.75, 3.05) is 30.9 Å². The Balaban J connectivity index is 1.87. The quantitative estimate of drug-likeness (QED) is 0.638. The molecule has 3 aromatic rings. The number of anilines is 2. The number of rotatable bonds is 7. The van der Waals surface area contributed by atoms with E-state index in [-0.39, 0.29) is 18.0 Å². The van der Waals surface area contributed by atoms with Gasteiger partial charge in [0.05, 0.1) is 17.6 Å². The number of carbonyl (C=O) groups excluding carboxylic acids is 1. The standard InChI is InChI=1S/C22H30N6O/c1-14(2)28(16(4)29)15(3)13-27(6)21-9-7-8-20(26-21)19-12-25-22-18(19)10-17(23-5)11-24-22/h7-12,14-15,23H,13H2,1-6H3,(H,24,25)/t15-/m0/s1. The van der Waals surface area contributed by atoms with Gasteiger partial charge in [-0.15, -0.1) is 0 Å². The maximum atomic E-state index is 12.0. The Morgan fingerprint density at radius 1 is 1.28 bits per heavy atom. The third-order valence-electron chi connectivity index (χ3n) is 5.15. The van der Waals surface area contributed by atoms with Crippen LogP contribution in [0.1, 0.15) is 27.7 Å². The van der Waals surface area contributed by atoms with E-state index in [1.54, 1.807) is 13.1 Å². The fourth-order valence-electron chi connectivity index (χ4n) is 3.90. The highest BCUT2D eigenvalue weighted by molar-refractivity contribution is 5.94. The number of fused-ring (bicyclic) bond motifs is 1. The van der Waals surface area contributed by atoms with Crippen molar-refractivity contribution in [2.45, 2.75) is 39.8 Å². The van der Waals surface area contributed by atoms with Crippen LogP contribution < -0.4 is 10.2 Å². The Kier molecular flexibility index (Phi) is 6.06. The lowest BCUT2D eigenvalue weighted by molar-refractivity contribution is -0.132. The summed E-state index contributed by atoms with van der Waals surface area (Å²) in [6.07, 6.45) is 3.75. The molecule has 0 spiro atoms. The van der Waals surface area contributed by atoms with Gasteiger partial charge in [-0.2, -0.15) is 0 Å². The second kappa shape index (κ2) is 8.51. The SMILES string of the molecule is CNc1cnc2[nH]cc(-c3cccc(N(C)C[C@H](C)N(C(C)=O)C(C)C)n3)c2c1. The first kappa shape index (κ1) is 20.6. The highest BCUT2D eigenvalue weighted by atomic mass is 16.2. The fraction of sp³-hybridized carbons (Fsp3) is 0.409. The summed E-state index contributed by atoms with van der Waals surface area (Å²) in [6, 6.07) is 8.33. The minimum Gasteiger partial charge on any atom is -0.387 e. The van der Waals surface area contributed by atoms with E-state index in [4.69, 9.17) is 4.98 Å². The molecule has 3 rings (SSSR count). The normalized spacial score (nSPS) is 12.2. The number of nitrogens with one attached hydrogen (secondary N) is 2. The molecule has 1 amide bonds. The topological polar surface area (TPSA) is 77.2 Å². The maximum absolute atomic E-state index is 12.0. The van der Waals surface area contributed by atoms with Gasteiger partial charge in [-0.25, -0.2) is 9.97 Å². The zero-order valence-electron chi connectivity index (χ0n) is 18.0. The molecule has 0 aliphatic carbocycles. The molecule has 7 nitrogen and oxygen atoms in total. The van der Waals surface area contributed by atoms with Crippen LogP contribution in [0.4, 0.5) is 11.5 Å². The minimum absolute atomic E-state index is 0.0819. The Morgan fingerprint density at radius 3 is 2.69 bits per heavy atom. The molecule has 2 N–H and O–H groups in total. The van der Waals surface area contributed by atoms with E-state index >= 15 is 0 Å². The van der Waals surface area contributed by atoms with Crippen LogP contribution >= 0.6 is 0 Å². The van der Waals surface area contributed by atoms with E-state index in [0.29, 0.717) is 6.54 Å². The molecular weight excluding hydrogens is 364 g/mol. The van der Waals surface area contributed by atoms with Crippen LogP contribution in [-0.4, -0.2) is 58.5 Å². The molecule has 0 aliphatic rings. The van der Waals surface area contributed by atoms with Crippen molar-refractivity contribution < 1.29 is 4.79 Å². The summed E-state index contributed by atoms with van der Waals surface area (Å²) in [5, 5.41) is 4.16. The molecule has 0 bridgehead atoms. The van der Waals surface area contributed by atoms with Gasteiger partial charge in [-0.1, -0.05) is 6.07 Å².